The number of ether oxygens (including phenoxy) is 1. The molecular weight excluding hydrogens is 294 g/mol. The van der Waals surface area contributed by atoms with Gasteiger partial charge in [-0.2, -0.15) is 0 Å². The molecule has 0 unspecified atom stereocenters. The molecule has 0 aromatic carbocycles. The van der Waals surface area contributed by atoms with Crippen molar-refractivity contribution in [3.8, 4) is 0 Å². The Hall–Kier alpha value is -1.26. The monoisotopic (exact) mass is 329 g/mol. The first kappa shape index (κ1) is 21.7. The SMILES string of the molecule is CCCCCCCCCCOC(=O)CCCCCCNC(=O)O. The van der Waals surface area contributed by atoms with Crippen LogP contribution in [-0.2, 0) is 9.53 Å². The minimum absolute atomic E-state index is 0.100. The second kappa shape index (κ2) is 17.1. The van der Waals surface area contributed by atoms with Crippen molar-refractivity contribution in [2.45, 2.75) is 90.4 Å². The maximum Gasteiger partial charge on any atom is 0.404 e. The molecule has 0 bridgehead atoms. The van der Waals surface area contributed by atoms with E-state index in [4.69, 9.17) is 9.84 Å². The van der Waals surface area contributed by atoms with Gasteiger partial charge in [-0.15, -0.1) is 0 Å². The number of rotatable bonds is 16. The van der Waals surface area contributed by atoms with Gasteiger partial charge in [-0.05, 0) is 19.3 Å². The lowest BCUT2D eigenvalue weighted by Crippen LogP contribution is -2.21. The van der Waals surface area contributed by atoms with Crippen LogP contribution in [0.15, 0.2) is 0 Å². The van der Waals surface area contributed by atoms with Gasteiger partial charge in [-0.3, -0.25) is 4.79 Å². The van der Waals surface area contributed by atoms with Crippen LogP contribution in [0.5, 0.6) is 0 Å². The summed E-state index contributed by atoms with van der Waals surface area (Å²) >= 11 is 0. The highest BCUT2D eigenvalue weighted by molar-refractivity contribution is 5.69. The topological polar surface area (TPSA) is 75.6 Å². The lowest BCUT2D eigenvalue weighted by Gasteiger charge is -2.05. The zero-order valence-corrected chi connectivity index (χ0v) is 14.8. The molecule has 0 spiro atoms. The van der Waals surface area contributed by atoms with Crippen LogP contribution < -0.4 is 5.32 Å². The Morgan fingerprint density at radius 2 is 1.39 bits per heavy atom. The van der Waals surface area contributed by atoms with Crippen LogP contribution in [0.3, 0.4) is 0 Å². The van der Waals surface area contributed by atoms with Gasteiger partial charge in [-0.1, -0.05) is 64.7 Å². The molecule has 136 valence electrons. The highest BCUT2D eigenvalue weighted by Crippen LogP contribution is 2.09. The van der Waals surface area contributed by atoms with E-state index in [1.807, 2.05) is 0 Å². The molecule has 2 N–H and O–H groups in total. The Bertz CT molecular complexity index is 295. The molecule has 0 saturated heterocycles. The maximum atomic E-state index is 11.5. The molecule has 0 rings (SSSR count). The summed E-state index contributed by atoms with van der Waals surface area (Å²) in [5.41, 5.74) is 0. The van der Waals surface area contributed by atoms with E-state index < -0.39 is 6.09 Å². The molecule has 0 aliphatic rings. The molecule has 0 fully saturated rings. The lowest BCUT2D eigenvalue weighted by atomic mass is 10.1. The molecule has 1 amide bonds. The van der Waals surface area contributed by atoms with Crippen molar-refractivity contribution >= 4 is 12.1 Å². The highest BCUT2D eigenvalue weighted by Gasteiger charge is 2.02. The van der Waals surface area contributed by atoms with Crippen molar-refractivity contribution in [2.75, 3.05) is 13.2 Å². The van der Waals surface area contributed by atoms with Crippen molar-refractivity contribution in [1.82, 2.24) is 5.32 Å². The van der Waals surface area contributed by atoms with E-state index in [0.29, 0.717) is 19.6 Å². The summed E-state index contributed by atoms with van der Waals surface area (Å²) < 4.78 is 5.22. The van der Waals surface area contributed by atoms with Crippen LogP contribution in [-0.4, -0.2) is 30.3 Å². The summed E-state index contributed by atoms with van der Waals surface area (Å²) in [6, 6.07) is 0. The molecule has 0 radical (unpaired) electrons. The van der Waals surface area contributed by atoms with Crippen molar-refractivity contribution in [3.63, 3.8) is 0 Å². The molecule has 0 aliphatic carbocycles. The number of esters is 1. The molecule has 0 atom stereocenters. The Morgan fingerprint density at radius 3 is 2.04 bits per heavy atom. The van der Waals surface area contributed by atoms with Gasteiger partial charge < -0.3 is 15.2 Å². The fourth-order valence-electron chi connectivity index (χ4n) is 2.44. The number of nitrogens with one attached hydrogen (secondary N) is 1. The summed E-state index contributed by atoms with van der Waals surface area (Å²) in [6.07, 6.45) is 13.0. The fraction of sp³-hybridized carbons (Fsp3) is 0.889. The summed E-state index contributed by atoms with van der Waals surface area (Å²) in [5.74, 6) is -0.100. The quantitative estimate of drug-likeness (QED) is 0.312. The Balaban J connectivity index is 3.17. The molecule has 0 aromatic rings. The van der Waals surface area contributed by atoms with Crippen LogP contribution in [0, 0.1) is 0 Å². The van der Waals surface area contributed by atoms with Gasteiger partial charge in [0.25, 0.3) is 0 Å². The first-order valence-electron chi connectivity index (χ1n) is 9.29. The maximum absolute atomic E-state index is 11.5. The number of hydrogen-bond acceptors (Lipinski definition) is 3. The van der Waals surface area contributed by atoms with Crippen molar-refractivity contribution in [1.29, 1.82) is 0 Å². The van der Waals surface area contributed by atoms with E-state index >= 15 is 0 Å². The Kier molecular flexibility index (Phi) is 16.2. The third-order valence-corrected chi connectivity index (χ3v) is 3.84. The van der Waals surface area contributed by atoms with Gasteiger partial charge >= 0.3 is 12.1 Å². The molecular formula is C18H35NO4. The largest absolute Gasteiger partial charge is 0.466 e. The van der Waals surface area contributed by atoms with Gasteiger partial charge in [0.15, 0.2) is 0 Å². The normalized spacial score (nSPS) is 10.5. The zero-order chi connectivity index (χ0) is 17.2. The number of unbranched alkanes of at least 4 members (excludes halogenated alkanes) is 10. The first-order valence-corrected chi connectivity index (χ1v) is 9.29. The molecule has 23 heavy (non-hydrogen) atoms. The second-order valence-electron chi connectivity index (χ2n) is 6.09. The minimum atomic E-state index is -0.977. The van der Waals surface area contributed by atoms with Crippen LogP contribution in [0.2, 0.25) is 0 Å². The van der Waals surface area contributed by atoms with Crippen molar-refractivity contribution in [2.24, 2.45) is 0 Å². The first-order chi connectivity index (χ1) is 11.2. The molecule has 0 aromatic heterocycles. The second-order valence-corrected chi connectivity index (χ2v) is 6.09. The fourth-order valence-corrected chi connectivity index (χ4v) is 2.44. The molecule has 5 heteroatoms. The van der Waals surface area contributed by atoms with Crippen molar-refractivity contribution in [3.05, 3.63) is 0 Å². The van der Waals surface area contributed by atoms with Crippen molar-refractivity contribution < 1.29 is 19.4 Å². The minimum Gasteiger partial charge on any atom is -0.466 e. The number of carboxylic acid groups (broad SMARTS) is 1. The van der Waals surface area contributed by atoms with Gasteiger partial charge in [0.1, 0.15) is 0 Å². The summed E-state index contributed by atoms with van der Waals surface area (Å²) in [7, 11) is 0. The van der Waals surface area contributed by atoms with E-state index in [9.17, 15) is 9.59 Å². The standard InChI is InChI=1S/C18H35NO4/c1-2-3-4-5-6-7-10-13-16-23-17(20)14-11-8-9-12-15-19-18(21)22/h19H,2-16H2,1H3,(H,21,22). The average molecular weight is 329 g/mol. The Labute approximate surface area is 141 Å². The third-order valence-electron chi connectivity index (χ3n) is 3.84. The van der Waals surface area contributed by atoms with Crippen LogP contribution in [0.25, 0.3) is 0 Å². The van der Waals surface area contributed by atoms with Crippen LogP contribution in [0.1, 0.15) is 90.4 Å². The van der Waals surface area contributed by atoms with E-state index in [0.717, 1.165) is 38.5 Å². The molecule has 0 saturated carbocycles. The summed E-state index contributed by atoms with van der Waals surface area (Å²) in [5, 5.41) is 10.7. The lowest BCUT2D eigenvalue weighted by molar-refractivity contribution is -0.143. The van der Waals surface area contributed by atoms with Gasteiger partial charge in [0.2, 0.25) is 0 Å². The smallest absolute Gasteiger partial charge is 0.404 e. The van der Waals surface area contributed by atoms with E-state index in [1.165, 1.54) is 38.5 Å². The Morgan fingerprint density at radius 1 is 0.826 bits per heavy atom. The zero-order valence-electron chi connectivity index (χ0n) is 14.8. The highest BCUT2D eigenvalue weighted by atomic mass is 16.5. The predicted molar refractivity (Wildman–Crippen MR) is 92.7 cm³/mol. The number of carbonyl (C=O) groups excluding carboxylic acids is 1. The third kappa shape index (κ3) is 18.7. The predicted octanol–water partition coefficient (Wildman–Crippen LogP) is 4.89. The molecule has 0 heterocycles. The number of hydrogen-bond donors (Lipinski definition) is 2. The van der Waals surface area contributed by atoms with Crippen LogP contribution >= 0.6 is 0 Å². The van der Waals surface area contributed by atoms with Gasteiger partial charge in [0, 0.05) is 13.0 Å². The van der Waals surface area contributed by atoms with E-state index in [-0.39, 0.29) is 5.97 Å². The average Bonchev–Trinajstić information content (AvgIpc) is 2.52. The van der Waals surface area contributed by atoms with Gasteiger partial charge in [-0.25, -0.2) is 4.79 Å². The summed E-state index contributed by atoms with van der Waals surface area (Å²) in [6.45, 7) is 3.26. The molecule has 0 aliphatic heterocycles. The molecule has 5 nitrogen and oxygen atoms in total. The van der Waals surface area contributed by atoms with E-state index in [2.05, 4.69) is 12.2 Å². The number of amides is 1. The van der Waals surface area contributed by atoms with E-state index in [1.54, 1.807) is 0 Å². The summed E-state index contributed by atoms with van der Waals surface area (Å²) in [4.78, 5) is 21.7. The van der Waals surface area contributed by atoms with Crippen LogP contribution in [0.4, 0.5) is 4.79 Å². The number of carbonyl (C=O) groups is 2. The van der Waals surface area contributed by atoms with Gasteiger partial charge in [0.05, 0.1) is 6.61 Å².